The smallest absolute Gasteiger partial charge is 0.414 e. The highest BCUT2D eigenvalue weighted by molar-refractivity contribution is 7.99. The van der Waals surface area contributed by atoms with Crippen LogP contribution in [-0.4, -0.2) is 47.0 Å². The second kappa shape index (κ2) is 13.7. The topological polar surface area (TPSA) is 84.9 Å². The number of benzene rings is 2. The van der Waals surface area contributed by atoms with E-state index in [2.05, 4.69) is 5.32 Å². The van der Waals surface area contributed by atoms with Crippen molar-refractivity contribution in [3.8, 4) is 0 Å². The quantitative estimate of drug-likeness (QED) is 0.341. The molecule has 2 rings (SSSR count). The number of halogens is 3. The number of alkyl carbamates (subject to hydrolysis) is 1. The highest BCUT2D eigenvalue weighted by Gasteiger charge is 2.37. The van der Waals surface area contributed by atoms with Gasteiger partial charge in [0.15, 0.2) is 6.10 Å². The fourth-order valence-corrected chi connectivity index (χ4v) is 3.64. The van der Waals surface area contributed by atoms with Crippen LogP contribution in [0.15, 0.2) is 60.7 Å². The Kier molecular flexibility index (Phi) is 11.0. The lowest BCUT2D eigenvalue weighted by atomic mass is 10.2. The van der Waals surface area contributed by atoms with E-state index in [1.165, 1.54) is 0 Å². The van der Waals surface area contributed by atoms with Crippen LogP contribution in [-0.2, 0) is 27.5 Å². The molecular formula is C23H26F3NO5S. The van der Waals surface area contributed by atoms with Gasteiger partial charge in [0.25, 0.3) is 0 Å². The number of carbonyl (C=O) groups is 2. The van der Waals surface area contributed by atoms with Gasteiger partial charge >= 0.3 is 18.2 Å². The van der Waals surface area contributed by atoms with Gasteiger partial charge in [0, 0.05) is 0 Å². The molecule has 0 radical (unpaired) electrons. The van der Waals surface area contributed by atoms with Crippen molar-refractivity contribution in [2.24, 2.45) is 0 Å². The van der Waals surface area contributed by atoms with E-state index in [1.54, 1.807) is 48.5 Å². The van der Waals surface area contributed by atoms with Crippen LogP contribution in [0.4, 0.5) is 18.0 Å². The van der Waals surface area contributed by atoms with E-state index in [9.17, 15) is 22.8 Å². The van der Waals surface area contributed by atoms with E-state index in [0.29, 0.717) is 0 Å². The SMILES string of the molecule is O=C(N[C@@H](CCSCCC(O)C(F)(F)F)C(=O)OCc1ccccc1)OCc1ccccc1. The first-order valence-electron chi connectivity index (χ1n) is 10.3. The first-order valence-corrected chi connectivity index (χ1v) is 11.4. The summed E-state index contributed by atoms with van der Waals surface area (Å²) in [7, 11) is 0. The van der Waals surface area contributed by atoms with Crippen LogP contribution in [0.1, 0.15) is 24.0 Å². The summed E-state index contributed by atoms with van der Waals surface area (Å²) < 4.78 is 47.6. The molecule has 1 unspecified atom stereocenters. The number of carbonyl (C=O) groups excluding carboxylic acids is 2. The van der Waals surface area contributed by atoms with Crippen LogP contribution in [0, 0.1) is 0 Å². The molecule has 0 bridgehead atoms. The number of alkyl halides is 3. The Hall–Kier alpha value is -2.72. The minimum absolute atomic E-state index is 0.0157. The van der Waals surface area contributed by atoms with Crippen molar-refractivity contribution in [2.75, 3.05) is 11.5 Å². The standard InChI is InChI=1S/C23H26F3NO5S/c24-23(25,26)20(28)12-14-33-13-11-19(21(29)31-15-17-7-3-1-4-8-17)27-22(30)32-16-18-9-5-2-6-10-18/h1-10,19-20,28H,11-16H2,(H,27,30)/t19-,20?/m0/s1. The summed E-state index contributed by atoms with van der Waals surface area (Å²) in [5, 5.41) is 11.5. The van der Waals surface area contributed by atoms with Gasteiger partial charge in [0.05, 0.1) is 0 Å². The summed E-state index contributed by atoms with van der Waals surface area (Å²) in [4.78, 5) is 24.7. The average Bonchev–Trinajstić information content (AvgIpc) is 2.80. The van der Waals surface area contributed by atoms with Gasteiger partial charge in [-0.3, -0.25) is 0 Å². The third-order valence-corrected chi connectivity index (χ3v) is 5.53. The molecule has 0 heterocycles. The maximum Gasteiger partial charge on any atom is 0.414 e. The molecule has 33 heavy (non-hydrogen) atoms. The van der Waals surface area contributed by atoms with Crippen LogP contribution in [0.5, 0.6) is 0 Å². The van der Waals surface area contributed by atoms with Gasteiger partial charge in [0.1, 0.15) is 19.3 Å². The molecular weight excluding hydrogens is 459 g/mol. The summed E-state index contributed by atoms with van der Waals surface area (Å²) in [5.74, 6) is -0.356. The molecule has 2 aromatic rings. The summed E-state index contributed by atoms with van der Waals surface area (Å²) in [5.41, 5.74) is 1.54. The van der Waals surface area contributed by atoms with Gasteiger partial charge in [0.2, 0.25) is 0 Å². The number of esters is 1. The average molecular weight is 486 g/mol. The molecule has 6 nitrogen and oxygen atoms in total. The van der Waals surface area contributed by atoms with Crippen molar-refractivity contribution in [3.63, 3.8) is 0 Å². The lowest BCUT2D eigenvalue weighted by molar-refractivity contribution is -0.203. The monoisotopic (exact) mass is 485 g/mol. The van der Waals surface area contributed by atoms with Crippen LogP contribution < -0.4 is 5.32 Å². The molecule has 180 valence electrons. The lowest BCUT2D eigenvalue weighted by Gasteiger charge is -2.18. The first-order chi connectivity index (χ1) is 15.8. The van der Waals surface area contributed by atoms with Gasteiger partial charge in [-0.1, -0.05) is 60.7 Å². The first kappa shape index (κ1) is 26.5. The molecule has 0 aliphatic rings. The normalized spacial score (nSPS) is 13.1. The molecule has 2 aromatic carbocycles. The molecule has 1 amide bonds. The predicted octanol–water partition coefficient (Wildman–Crippen LogP) is 4.46. The van der Waals surface area contributed by atoms with Crippen LogP contribution in [0.3, 0.4) is 0 Å². The van der Waals surface area contributed by atoms with E-state index in [-0.39, 0.29) is 31.1 Å². The van der Waals surface area contributed by atoms with Crippen molar-refractivity contribution in [1.29, 1.82) is 0 Å². The minimum Gasteiger partial charge on any atom is -0.459 e. The number of hydrogen-bond acceptors (Lipinski definition) is 6. The number of aliphatic hydroxyl groups is 1. The fraction of sp³-hybridized carbons (Fsp3) is 0.391. The summed E-state index contributed by atoms with van der Waals surface area (Å²) in [6, 6.07) is 16.9. The number of aliphatic hydroxyl groups excluding tert-OH is 1. The summed E-state index contributed by atoms with van der Waals surface area (Å²) in [6.07, 6.45) is -8.18. The molecule has 0 spiro atoms. The summed E-state index contributed by atoms with van der Waals surface area (Å²) >= 11 is 1.14. The van der Waals surface area contributed by atoms with E-state index >= 15 is 0 Å². The molecule has 0 saturated carbocycles. The highest BCUT2D eigenvalue weighted by atomic mass is 32.2. The van der Waals surface area contributed by atoms with E-state index in [4.69, 9.17) is 14.6 Å². The van der Waals surface area contributed by atoms with E-state index in [1.807, 2.05) is 12.1 Å². The van der Waals surface area contributed by atoms with Crippen molar-refractivity contribution >= 4 is 23.8 Å². The van der Waals surface area contributed by atoms with Crippen LogP contribution >= 0.6 is 11.8 Å². The van der Waals surface area contributed by atoms with Crippen molar-refractivity contribution < 1.29 is 37.3 Å². The van der Waals surface area contributed by atoms with Gasteiger partial charge < -0.3 is 19.9 Å². The largest absolute Gasteiger partial charge is 0.459 e. The second-order valence-electron chi connectivity index (χ2n) is 7.10. The molecule has 2 N–H and O–H groups in total. The second-order valence-corrected chi connectivity index (χ2v) is 8.32. The minimum atomic E-state index is -4.66. The van der Waals surface area contributed by atoms with Gasteiger partial charge in [-0.25, -0.2) is 9.59 Å². The zero-order valence-corrected chi connectivity index (χ0v) is 18.6. The van der Waals surface area contributed by atoms with Crippen LogP contribution in [0.25, 0.3) is 0 Å². The maximum absolute atomic E-state index is 12.5. The molecule has 0 fully saturated rings. The number of ether oxygens (including phenoxy) is 2. The third-order valence-electron chi connectivity index (χ3n) is 4.48. The van der Waals surface area contributed by atoms with Gasteiger partial charge in [-0.05, 0) is 35.5 Å². The molecule has 0 aliphatic heterocycles. The fourth-order valence-electron chi connectivity index (χ4n) is 2.65. The molecule has 0 saturated heterocycles. The predicted molar refractivity (Wildman–Crippen MR) is 118 cm³/mol. The number of amides is 1. The van der Waals surface area contributed by atoms with Gasteiger partial charge in [-0.15, -0.1) is 0 Å². The van der Waals surface area contributed by atoms with E-state index in [0.717, 1.165) is 22.9 Å². The highest BCUT2D eigenvalue weighted by Crippen LogP contribution is 2.23. The Morgan fingerprint density at radius 3 is 1.94 bits per heavy atom. The van der Waals surface area contributed by atoms with Crippen molar-refractivity contribution in [3.05, 3.63) is 71.8 Å². The maximum atomic E-state index is 12.5. The Morgan fingerprint density at radius 1 is 0.879 bits per heavy atom. The number of hydrogen-bond donors (Lipinski definition) is 2. The Morgan fingerprint density at radius 2 is 1.39 bits per heavy atom. The molecule has 0 aromatic heterocycles. The Labute approximate surface area is 194 Å². The molecule has 10 heteroatoms. The number of rotatable bonds is 12. The third kappa shape index (κ3) is 10.6. The van der Waals surface area contributed by atoms with Gasteiger partial charge in [-0.2, -0.15) is 24.9 Å². The van der Waals surface area contributed by atoms with E-state index < -0.39 is 36.8 Å². The Balaban J connectivity index is 1.85. The zero-order chi connectivity index (χ0) is 24.1. The van der Waals surface area contributed by atoms with Crippen molar-refractivity contribution in [2.45, 2.75) is 44.4 Å². The molecule has 0 aliphatic carbocycles. The number of nitrogens with one attached hydrogen (secondary N) is 1. The lowest BCUT2D eigenvalue weighted by Crippen LogP contribution is -2.42. The Bertz CT molecular complexity index is 852. The number of thioether (sulfide) groups is 1. The molecule has 2 atom stereocenters. The summed E-state index contributed by atoms with van der Waals surface area (Å²) in [6.45, 7) is 0.0321. The van der Waals surface area contributed by atoms with Crippen molar-refractivity contribution in [1.82, 2.24) is 5.32 Å². The zero-order valence-electron chi connectivity index (χ0n) is 17.8. The van der Waals surface area contributed by atoms with Crippen LogP contribution in [0.2, 0.25) is 0 Å².